The first-order valence-corrected chi connectivity index (χ1v) is 7.02. The van der Waals surface area contributed by atoms with E-state index in [1.807, 2.05) is 24.7 Å². The summed E-state index contributed by atoms with van der Waals surface area (Å²) in [4.78, 5) is 14.4. The molecule has 106 valence electrons. The Morgan fingerprint density at radius 2 is 2.32 bits per heavy atom. The Hall–Kier alpha value is -1.20. The number of hydrogen-bond donors (Lipinski definition) is 0. The molecule has 0 N–H and O–H groups in total. The van der Waals surface area contributed by atoms with Gasteiger partial charge in [-0.3, -0.25) is 9.48 Å². The van der Waals surface area contributed by atoms with Crippen molar-refractivity contribution in [2.75, 3.05) is 26.7 Å². The largest absolute Gasteiger partial charge is 0.368 e. The highest BCUT2D eigenvalue weighted by Crippen LogP contribution is 2.11. The lowest BCUT2D eigenvalue weighted by Gasteiger charge is -2.29. The standard InChI is InChI=1S/C14H23N3O2/c1-4-11-8-12(17(5-2)15-11)9-13(18)14-10-16(3)6-7-19-14/h8,14H,4-7,9-10H2,1-3H3. The van der Waals surface area contributed by atoms with Crippen LogP contribution in [0, 0.1) is 0 Å². The van der Waals surface area contributed by atoms with Crippen LogP contribution < -0.4 is 0 Å². The molecule has 1 fully saturated rings. The lowest BCUT2D eigenvalue weighted by atomic mass is 10.1. The number of rotatable bonds is 5. The summed E-state index contributed by atoms with van der Waals surface area (Å²) in [6.45, 7) is 7.16. The third-order valence-electron chi connectivity index (χ3n) is 3.56. The van der Waals surface area contributed by atoms with Crippen molar-refractivity contribution >= 4 is 5.78 Å². The van der Waals surface area contributed by atoms with Gasteiger partial charge in [-0.25, -0.2) is 0 Å². The highest BCUT2D eigenvalue weighted by molar-refractivity contribution is 5.85. The van der Waals surface area contributed by atoms with Gasteiger partial charge in [0.25, 0.3) is 0 Å². The number of aryl methyl sites for hydroxylation is 2. The van der Waals surface area contributed by atoms with Crippen molar-refractivity contribution in [3.63, 3.8) is 0 Å². The third kappa shape index (κ3) is 3.42. The van der Waals surface area contributed by atoms with E-state index in [0.29, 0.717) is 19.6 Å². The molecular weight excluding hydrogens is 242 g/mol. The predicted molar refractivity (Wildman–Crippen MR) is 73.2 cm³/mol. The van der Waals surface area contributed by atoms with E-state index in [1.165, 1.54) is 0 Å². The first-order valence-electron chi connectivity index (χ1n) is 7.02. The van der Waals surface area contributed by atoms with Crippen LogP contribution in [0.5, 0.6) is 0 Å². The Morgan fingerprint density at radius 1 is 1.53 bits per heavy atom. The second kappa shape index (κ2) is 6.30. The summed E-state index contributed by atoms with van der Waals surface area (Å²) in [5.74, 6) is 0.156. The first-order chi connectivity index (χ1) is 9.13. The number of morpholine rings is 1. The number of aromatic nitrogens is 2. The van der Waals surface area contributed by atoms with Crippen LogP contribution in [-0.4, -0.2) is 53.3 Å². The van der Waals surface area contributed by atoms with Crippen LogP contribution in [0.3, 0.4) is 0 Å². The number of ketones is 1. The molecule has 0 spiro atoms. The zero-order chi connectivity index (χ0) is 13.8. The average Bonchev–Trinajstić information content (AvgIpc) is 2.81. The maximum atomic E-state index is 12.3. The predicted octanol–water partition coefficient (Wildman–Crippen LogP) is 0.908. The van der Waals surface area contributed by atoms with Gasteiger partial charge in [0, 0.05) is 25.3 Å². The van der Waals surface area contributed by atoms with Gasteiger partial charge in [-0.1, -0.05) is 6.92 Å². The normalized spacial score (nSPS) is 20.7. The number of carbonyl (C=O) groups excluding carboxylic acids is 1. The van der Waals surface area contributed by atoms with E-state index in [9.17, 15) is 4.79 Å². The van der Waals surface area contributed by atoms with Crippen LogP contribution in [-0.2, 0) is 28.9 Å². The van der Waals surface area contributed by atoms with Crippen molar-refractivity contribution in [2.45, 2.75) is 39.3 Å². The van der Waals surface area contributed by atoms with Gasteiger partial charge >= 0.3 is 0 Å². The monoisotopic (exact) mass is 265 g/mol. The zero-order valence-corrected chi connectivity index (χ0v) is 12.1. The van der Waals surface area contributed by atoms with Crippen molar-refractivity contribution in [3.05, 3.63) is 17.5 Å². The topological polar surface area (TPSA) is 47.4 Å². The van der Waals surface area contributed by atoms with E-state index in [2.05, 4.69) is 16.9 Å². The maximum absolute atomic E-state index is 12.3. The van der Waals surface area contributed by atoms with E-state index in [-0.39, 0.29) is 11.9 Å². The molecule has 1 aliphatic rings. The fourth-order valence-corrected chi connectivity index (χ4v) is 2.37. The molecule has 0 aromatic carbocycles. The van der Waals surface area contributed by atoms with Crippen LogP contribution >= 0.6 is 0 Å². The van der Waals surface area contributed by atoms with Gasteiger partial charge in [-0.05, 0) is 26.5 Å². The van der Waals surface area contributed by atoms with Crippen molar-refractivity contribution in [1.29, 1.82) is 0 Å². The molecule has 5 heteroatoms. The SMILES string of the molecule is CCc1cc(CC(=O)C2CN(C)CCO2)n(CC)n1. The van der Waals surface area contributed by atoms with Crippen LogP contribution in [0.4, 0.5) is 0 Å². The lowest BCUT2D eigenvalue weighted by Crippen LogP contribution is -2.44. The maximum Gasteiger partial charge on any atom is 0.168 e. The molecular formula is C14H23N3O2. The fraction of sp³-hybridized carbons (Fsp3) is 0.714. The molecule has 1 atom stereocenters. The average molecular weight is 265 g/mol. The van der Waals surface area contributed by atoms with Crippen molar-refractivity contribution < 1.29 is 9.53 Å². The van der Waals surface area contributed by atoms with E-state index in [1.54, 1.807) is 0 Å². The number of carbonyl (C=O) groups is 1. The Balaban J connectivity index is 2.03. The van der Waals surface area contributed by atoms with Crippen LogP contribution in [0.2, 0.25) is 0 Å². The van der Waals surface area contributed by atoms with Crippen molar-refractivity contribution in [2.24, 2.45) is 0 Å². The molecule has 5 nitrogen and oxygen atoms in total. The summed E-state index contributed by atoms with van der Waals surface area (Å²) in [5, 5.41) is 4.47. The molecule has 0 amide bonds. The molecule has 1 aromatic heterocycles. The highest BCUT2D eigenvalue weighted by Gasteiger charge is 2.25. The zero-order valence-electron chi connectivity index (χ0n) is 12.1. The van der Waals surface area contributed by atoms with E-state index in [0.717, 1.165) is 30.9 Å². The second-order valence-electron chi connectivity index (χ2n) is 5.06. The molecule has 1 unspecified atom stereocenters. The van der Waals surface area contributed by atoms with Gasteiger partial charge < -0.3 is 9.64 Å². The van der Waals surface area contributed by atoms with Gasteiger partial charge in [0.2, 0.25) is 0 Å². The minimum atomic E-state index is -0.288. The van der Waals surface area contributed by atoms with Gasteiger partial charge in [0.1, 0.15) is 6.10 Å². The molecule has 0 aliphatic carbocycles. The van der Waals surface area contributed by atoms with Gasteiger partial charge in [-0.2, -0.15) is 5.10 Å². The molecule has 19 heavy (non-hydrogen) atoms. The Bertz CT molecular complexity index is 442. The van der Waals surface area contributed by atoms with Crippen LogP contribution in [0.1, 0.15) is 25.2 Å². The number of Topliss-reactive ketones (excluding diaryl/α,β-unsaturated/α-hetero) is 1. The van der Waals surface area contributed by atoms with Gasteiger partial charge in [-0.15, -0.1) is 0 Å². The minimum Gasteiger partial charge on any atom is -0.368 e. The number of ether oxygens (including phenoxy) is 1. The second-order valence-corrected chi connectivity index (χ2v) is 5.06. The number of hydrogen-bond acceptors (Lipinski definition) is 4. The molecule has 1 aromatic rings. The Kier molecular flexibility index (Phi) is 4.71. The Labute approximate surface area is 114 Å². The van der Waals surface area contributed by atoms with Gasteiger partial charge in [0.15, 0.2) is 5.78 Å². The summed E-state index contributed by atoms with van der Waals surface area (Å²) >= 11 is 0. The molecule has 2 heterocycles. The van der Waals surface area contributed by atoms with E-state index < -0.39 is 0 Å². The minimum absolute atomic E-state index is 0.156. The molecule has 2 rings (SSSR count). The molecule has 0 radical (unpaired) electrons. The summed E-state index contributed by atoms with van der Waals surface area (Å²) < 4.78 is 7.49. The summed E-state index contributed by atoms with van der Waals surface area (Å²) in [6, 6.07) is 2.04. The third-order valence-corrected chi connectivity index (χ3v) is 3.56. The van der Waals surface area contributed by atoms with Crippen LogP contribution in [0.25, 0.3) is 0 Å². The van der Waals surface area contributed by atoms with Gasteiger partial charge in [0.05, 0.1) is 18.7 Å². The van der Waals surface area contributed by atoms with Crippen LogP contribution in [0.15, 0.2) is 6.07 Å². The molecule has 1 aliphatic heterocycles. The quantitative estimate of drug-likeness (QED) is 0.794. The van der Waals surface area contributed by atoms with E-state index >= 15 is 0 Å². The molecule has 0 bridgehead atoms. The number of likely N-dealkylation sites (N-methyl/N-ethyl adjacent to an activating group) is 1. The van der Waals surface area contributed by atoms with Crippen molar-refractivity contribution in [3.8, 4) is 0 Å². The Morgan fingerprint density at radius 3 is 2.95 bits per heavy atom. The smallest absolute Gasteiger partial charge is 0.168 e. The summed E-state index contributed by atoms with van der Waals surface area (Å²) in [6.07, 6.45) is 1.03. The van der Waals surface area contributed by atoms with E-state index in [4.69, 9.17) is 4.74 Å². The molecule has 1 saturated heterocycles. The lowest BCUT2D eigenvalue weighted by molar-refractivity contribution is -0.134. The first kappa shape index (κ1) is 14.2. The van der Waals surface area contributed by atoms with Crippen molar-refractivity contribution in [1.82, 2.24) is 14.7 Å². The summed E-state index contributed by atoms with van der Waals surface area (Å²) in [7, 11) is 2.02. The molecule has 0 saturated carbocycles. The highest BCUT2D eigenvalue weighted by atomic mass is 16.5. The number of nitrogens with zero attached hydrogens (tertiary/aromatic N) is 3. The summed E-state index contributed by atoms with van der Waals surface area (Å²) in [5.41, 5.74) is 2.05. The fourth-order valence-electron chi connectivity index (χ4n) is 2.37.